The predicted molar refractivity (Wildman–Crippen MR) is 56.1 cm³/mol. The lowest BCUT2D eigenvalue weighted by Gasteiger charge is -2.06. The molecule has 82 valence electrons. The lowest BCUT2D eigenvalue weighted by molar-refractivity contribution is 0.296. The predicted octanol–water partition coefficient (Wildman–Crippen LogP) is 1.77. The highest BCUT2D eigenvalue weighted by Gasteiger charge is 2.21. The van der Waals surface area contributed by atoms with E-state index in [0.717, 1.165) is 5.56 Å². The number of aryl methyl sites for hydroxylation is 1. The second kappa shape index (κ2) is 4.35. The number of aliphatic hydroxyl groups is 1. The zero-order valence-electron chi connectivity index (χ0n) is 8.47. The second-order valence-corrected chi connectivity index (χ2v) is 4.85. The largest absolute Gasteiger partial charge is 0.511 e. The van der Waals surface area contributed by atoms with Crippen molar-refractivity contribution in [3.63, 3.8) is 0 Å². The fraction of sp³-hybridized carbons (Fsp3) is 0.200. The number of hydrogen-bond donors (Lipinski definition) is 1. The van der Waals surface area contributed by atoms with E-state index >= 15 is 0 Å². The molecule has 0 radical (unpaired) electrons. The van der Waals surface area contributed by atoms with Gasteiger partial charge in [0.2, 0.25) is 9.84 Å². The number of hydrogen-bond acceptors (Lipinski definition) is 4. The smallest absolute Gasteiger partial charge is 0.251 e. The van der Waals surface area contributed by atoms with Gasteiger partial charge in [-0.25, -0.2) is 8.42 Å². The normalized spacial score (nSPS) is 12.5. The summed E-state index contributed by atoms with van der Waals surface area (Å²) in [6, 6.07) is 6.29. The fourth-order valence-electron chi connectivity index (χ4n) is 1.07. The number of benzene rings is 1. The SMILES string of the molecule is CO/C(=C/O)S(=O)(=O)c1ccc(C)cc1. The van der Waals surface area contributed by atoms with Gasteiger partial charge in [-0.3, -0.25) is 0 Å². The van der Waals surface area contributed by atoms with Crippen molar-refractivity contribution in [3.05, 3.63) is 41.2 Å². The Balaban J connectivity index is 3.23. The van der Waals surface area contributed by atoms with Crippen LogP contribution in [0.25, 0.3) is 0 Å². The Morgan fingerprint density at radius 1 is 1.33 bits per heavy atom. The second-order valence-electron chi connectivity index (χ2n) is 2.97. The highest BCUT2D eigenvalue weighted by molar-refractivity contribution is 7.95. The third-order valence-electron chi connectivity index (χ3n) is 1.90. The van der Waals surface area contributed by atoms with Gasteiger partial charge in [0.1, 0.15) is 6.26 Å². The summed E-state index contributed by atoms with van der Waals surface area (Å²) in [7, 11) is -2.54. The summed E-state index contributed by atoms with van der Waals surface area (Å²) < 4.78 is 28.1. The van der Waals surface area contributed by atoms with E-state index in [4.69, 9.17) is 5.11 Å². The van der Waals surface area contributed by atoms with Gasteiger partial charge in [0.15, 0.2) is 0 Å². The molecule has 0 atom stereocenters. The molecule has 0 aliphatic rings. The van der Waals surface area contributed by atoms with Crippen molar-refractivity contribution in [2.45, 2.75) is 11.8 Å². The van der Waals surface area contributed by atoms with Crippen LogP contribution in [0.2, 0.25) is 0 Å². The molecule has 1 rings (SSSR count). The van der Waals surface area contributed by atoms with Gasteiger partial charge in [-0.05, 0) is 19.1 Å². The van der Waals surface area contributed by atoms with Gasteiger partial charge in [0, 0.05) is 0 Å². The minimum atomic E-state index is -3.73. The van der Waals surface area contributed by atoms with Crippen LogP contribution >= 0.6 is 0 Å². The molecule has 0 aliphatic carbocycles. The summed E-state index contributed by atoms with van der Waals surface area (Å²) in [6.07, 6.45) is 0.440. The van der Waals surface area contributed by atoms with E-state index in [-0.39, 0.29) is 4.90 Å². The Hall–Kier alpha value is -1.49. The van der Waals surface area contributed by atoms with Gasteiger partial charge in [-0.1, -0.05) is 17.7 Å². The monoisotopic (exact) mass is 228 g/mol. The summed E-state index contributed by atoms with van der Waals surface area (Å²) in [4.78, 5) is 0.0928. The number of rotatable bonds is 3. The Kier molecular flexibility index (Phi) is 3.36. The Morgan fingerprint density at radius 2 is 1.87 bits per heavy atom. The maximum Gasteiger partial charge on any atom is 0.251 e. The first-order valence-electron chi connectivity index (χ1n) is 4.22. The van der Waals surface area contributed by atoms with Crippen LogP contribution in [0.3, 0.4) is 0 Å². The number of ether oxygens (including phenoxy) is 1. The van der Waals surface area contributed by atoms with Crippen LogP contribution in [0.1, 0.15) is 5.56 Å². The molecule has 0 aromatic heterocycles. The average Bonchev–Trinajstić information content (AvgIpc) is 2.19. The summed E-state index contributed by atoms with van der Waals surface area (Å²) in [5.74, 6) is 0. The molecule has 0 fully saturated rings. The molecule has 4 nitrogen and oxygen atoms in total. The van der Waals surface area contributed by atoms with E-state index in [1.54, 1.807) is 12.1 Å². The molecule has 0 saturated carbocycles. The molecule has 1 N–H and O–H groups in total. The molecule has 0 amide bonds. The van der Waals surface area contributed by atoms with Gasteiger partial charge >= 0.3 is 0 Å². The number of aliphatic hydroxyl groups excluding tert-OH is 1. The van der Waals surface area contributed by atoms with Crippen LogP contribution < -0.4 is 0 Å². The molecule has 1 aromatic rings. The average molecular weight is 228 g/mol. The van der Waals surface area contributed by atoms with Crippen LogP contribution in [0.15, 0.2) is 40.5 Å². The number of methoxy groups -OCH3 is 1. The summed E-state index contributed by atoms with van der Waals surface area (Å²) >= 11 is 0. The molecule has 0 spiro atoms. The van der Waals surface area contributed by atoms with Crippen molar-refractivity contribution in [3.8, 4) is 0 Å². The van der Waals surface area contributed by atoms with E-state index in [0.29, 0.717) is 6.26 Å². The summed E-state index contributed by atoms with van der Waals surface area (Å²) in [6.45, 7) is 1.86. The van der Waals surface area contributed by atoms with Crippen molar-refractivity contribution in [2.24, 2.45) is 0 Å². The molecule has 5 heteroatoms. The molecular formula is C10H12O4S. The minimum Gasteiger partial charge on any atom is -0.511 e. The minimum absolute atomic E-state index is 0.0928. The molecule has 0 bridgehead atoms. The fourth-order valence-corrected chi connectivity index (χ4v) is 2.15. The van der Waals surface area contributed by atoms with Crippen LogP contribution in [0.4, 0.5) is 0 Å². The first-order chi connectivity index (χ1) is 7.02. The first-order valence-corrected chi connectivity index (χ1v) is 5.71. The first kappa shape index (κ1) is 11.6. The molecule has 1 aromatic carbocycles. The van der Waals surface area contributed by atoms with Crippen LogP contribution in [0, 0.1) is 6.92 Å². The van der Waals surface area contributed by atoms with Gasteiger partial charge in [-0.2, -0.15) is 0 Å². The van der Waals surface area contributed by atoms with Gasteiger partial charge < -0.3 is 9.84 Å². The van der Waals surface area contributed by atoms with Gasteiger partial charge in [-0.15, -0.1) is 0 Å². The highest BCUT2D eigenvalue weighted by Crippen LogP contribution is 2.19. The molecule has 0 unspecified atom stereocenters. The Bertz CT molecular complexity index is 457. The van der Waals surface area contributed by atoms with E-state index in [9.17, 15) is 8.42 Å². The van der Waals surface area contributed by atoms with Crippen LogP contribution in [-0.4, -0.2) is 20.6 Å². The molecule has 15 heavy (non-hydrogen) atoms. The maximum absolute atomic E-state index is 11.8. The molecule has 0 saturated heterocycles. The standard InChI is InChI=1S/C10H12O4S/c1-8-3-5-9(6-4-8)15(12,13)10(7-11)14-2/h3-7,11H,1-2H3/b10-7-. The topological polar surface area (TPSA) is 63.6 Å². The van der Waals surface area contributed by atoms with Crippen molar-refractivity contribution >= 4 is 9.84 Å². The Morgan fingerprint density at radius 3 is 2.27 bits per heavy atom. The van der Waals surface area contributed by atoms with Gasteiger partial charge in [0.25, 0.3) is 5.09 Å². The third kappa shape index (κ3) is 2.30. The van der Waals surface area contributed by atoms with E-state index in [2.05, 4.69) is 4.74 Å². The lowest BCUT2D eigenvalue weighted by atomic mass is 10.2. The number of sulfone groups is 1. The zero-order chi connectivity index (χ0) is 11.5. The van der Waals surface area contributed by atoms with Crippen molar-refractivity contribution in [1.82, 2.24) is 0 Å². The van der Waals surface area contributed by atoms with Crippen molar-refractivity contribution < 1.29 is 18.3 Å². The molecular weight excluding hydrogens is 216 g/mol. The van der Waals surface area contributed by atoms with E-state index in [1.807, 2.05) is 6.92 Å². The molecule has 0 heterocycles. The third-order valence-corrected chi connectivity index (χ3v) is 3.60. The van der Waals surface area contributed by atoms with Crippen molar-refractivity contribution in [1.29, 1.82) is 0 Å². The van der Waals surface area contributed by atoms with Crippen LogP contribution in [-0.2, 0) is 14.6 Å². The summed E-state index contributed by atoms with van der Waals surface area (Å²) in [5, 5.41) is 8.25. The summed E-state index contributed by atoms with van der Waals surface area (Å²) in [5.41, 5.74) is 0.959. The van der Waals surface area contributed by atoms with E-state index < -0.39 is 14.9 Å². The highest BCUT2D eigenvalue weighted by atomic mass is 32.2. The van der Waals surface area contributed by atoms with Crippen LogP contribution in [0.5, 0.6) is 0 Å². The lowest BCUT2D eigenvalue weighted by Crippen LogP contribution is -2.06. The van der Waals surface area contributed by atoms with Gasteiger partial charge in [0.05, 0.1) is 12.0 Å². The zero-order valence-corrected chi connectivity index (χ0v) is 9.28. The van der Waals surface area contributed by atoms with Crippen molar-refractivity contribution in [2.75, 3.05) is 7.11 Å². The quantitative estimate of drug-likeness (QED) is 0.801. The van der Waals surface area contributed by atoms with E-state index in [1.165, 1.54) is 19.2 Å². The maximum atomic E-state index is 11.8. The Labute approximate surface area is 88.7 Å². The molecule has 0 aliphatic heterocycles.